The van der Waals surface area contributed by atoms with Crippen LogP contribution in [0.4, 0.5) is 0 Å². The van der Waals surface area contributed by atoms with Gasteiger partial charge in [-0.15, -0.1) is 0 Å². The van der Waals surface area contributed by atoms with Gasteiger partial charge in [-0.25, -0.2) is 0 Å². The molecule has 1 fully saturated rings. The van der Waals surface area contributed by atoms with Crippen LogP contribution >= 0.6 is 15.9 Å². The summed E-state index contributed by atoms with van der Waals surface area (Å²) in [6.45, 7) is 28.8. The number of rotatable bonds is 2. The minimum absolute atomic E-state index is 0.817. The second kappa shape index (κ2) is 6.74. The SMILES string of the molecule is C[Si]1(C)[Si](C)(C)[Si](C)(C2C=CC=C2)[Si](C)(C)[Si](C)(C)[Si]1(C)c1ccc(Br)cc1. The maximum Gasteiger partial charge on any atom is 0.0657 e. The largest absolute Gasteiger partial charge is 0.0809 e. The lowest BCUT2D eigenvalue weighted by atomic mass is 10.4. The van der Waals surface area contributed by atoms with Crippen LogP contribution in [0.25, 0.3) is 0 Å². The van der Waals surface area contributed by atoms with Gasteiger partial charge in [0.05, 0.1) is 7.11 Å². The molecule has 1 aromatic rings. The van der Waals surface area contributed by atoms with E-state index in [1.54, 1.807) is 5.19 Å². The van der Waals surface area contributed by atoms with E-state index in [2.05, 4.69) is 130 Å². The predicted molar refractivity (Wildman–Crippen MR) is 149 cm³/mol. The topological polar surface area (TPSA) is 0 Å². The Bertz CT molecular complexity index is 795. The van der Waals surface area contributed by atoms with Gasteiger partial charge in [-0.2, -0.15) is 0 Å². The number of halogens is 1. The highest BCUT2D eigenvalue weighted by atomic mass is 79.9. The van der Waals surface area contributed by atoms with E-state index in [9.17, 15) is 0 Å². The standard InChI is InChI=1S/C21H39BrSi6/c1-23(2)25(5,6)28(10,21-17-15-19(22)16-18-21)26(7,8)24(3,4)27(23,9)20-13-11-12-14-20/h11-18,20H,1-10H3. The molecule has 1 saturated heterocycles. The summed E-state index contributed by atoms with van der Waals surface area (Å²) in [6.07, 6.45) is 9.96. The smallest absolute Gasteiger partial charge is 0.0657 e. The van der Waals surface area contributed by atoms with Gasteiger partial charge in [0.2, 0.25) is 0 Å². The quantitative estimate of drug-likeness (QED) is 0.370. The molecule has 2 aliphatic rings. The molecule has 0 nitrogen and oxygen atoms in total. The second-order valence-corrected chi connectivity index (χ2v) is 82.7. The molecule has 0 saturated carbocycles. The Morgan fingerprint density at radius 1 is 0.607 bits per heavy atom. The van der Waals surface area contributed by atoms with Gasteiger partial charge in [-0.3, -0.25) is 0 Å². The molecule has 0 atom stereocenters. The second-order valence-electron chi connectivity index (χ2n) is 11.6. The van der Waals surface area contributed by atoms with Crippen LogP contribution in [-0.4, -0.2) is 42.7 Å². The fraction of sp³-hybridized carbons (Fsp3) is 0.524. The maximum atomic E-state index is 3.70. The first-order chi connectivity index (χ1) is 12.6. The monoisotopic (exact) mass is 538 g/mol. The average molecular weight is 540 g/mol. The van der Waals surface area contributed by atoms with Crippen molar-refractivity contribution in [2.24, 2.45) is 0 Å². The van der Waals surface area contributed by atoms with Crippen molar-refractivity contribution in [3.8, 4) is 0 Å². The molecule has 7 heteroatoms. The molecule has 0 aromatic heterocycles. The van der Waals surface area contributed by atoms with Crippen LogP contribution in [0.3, 0.4) is 0 Å². The molecule has 1 aliphatic carbocycles. The summed E-state index contributed by atoms with van der Waals surface area (Å²) < 4.78 is 1.23. The summed E-state index contributed by atoms with van der Waals surface area (Å²) in [4.78, 5) is 0. The molecule has 0 N–H and O–H groups in total. The first-order valence-electron chi connectivity index (χ1n) is 10.7. The van der Waals surface area contributed by atoms with Crippen molar-refractivity contribution in [2.45, 2.75) is 71.0 Å². The summed E-state index contributed by atoms with van der Waals surface area (Å²) in [5, 5.41) is 1.80. The Labute approximate surface area is 186 Å². The Kier molecular flexibility index (Phi) is 5.57. The third kappa shape index (κ3) is 2.47. The molecule has 1 aliphatic heterocycles. The molecule has 0 bridgehead atoms. The van der Waals surface area contributed by atoms with Gasteiger partial charge in [0.15, 0.2) is 0 Å². The molecule has 0 amide bonds. The lowest BCUT2D eigenvalue weighted by Crippen LogP contribution is -3.04. The molecule has 0 unspecified atom stereocenters. The minimum Gasteiger partial charge on any atom is -0.0809 e. The molecule has 0 spiro atoms. The highest BCUT2D eigenvalue weighted by Gasteiger charge is 2.79. The molecule has 3 rings (SSSR count). The van der Waals surface area contributed by atoms with Crippen LogP contribution in [0.1, 0.15) is 0 Å². The molecular formula is C21H39BrSi6. The summed E-state index contributed by atoms with van der Waals surface area (Å²) in [7, 11) is -8.49. The first-order valence-corrected chi connectivity index (χ1v) is 34.6. The fourth-order valence-electron chi connectivity index (χ4n) is 7.27. The van der Waals surface area contributed by atoms with E-state index in [0.29, 0.717) is 0 Å². The van der Waals surface area contributed by atoms with Crippen LogP contribution < -0.4 is 5.19 Å². The van der Waals surface area contributed by atoms with Crippen molar-refractivity contribution in [2.75, 3.05) is 0 Å². The molecule has 1 aromatic carbocycles. The van der Waals surface area contributed by atoms with Gasteiger partial charge >= 0.3 is 0 Å². The van der Waals surface area contributed by atoms with Crippen molar-refractivity contribution in [3.63, 3.8) is 0 Å². The highest BCUT2D eigenvalue weighted by Crippen LogP contribution is 2.56. The normalized spacial score (nSPS) is 35.2. The van der Waals surface area contributed by atoms with Gasteiger partial charge in [0.1, 0.15) is 0 Å². The number of hydrogen-bond donors (Lipinski definition) is 0. The van der Waals surface area contributed by atoms with Crippen molar-refractivity contribution < 1.29 is 0 Å². The van der Waals surface area contributed by atoms with Crippen LogP contribution in [0, 0.1) is 0 Å². The zero-order valence-corrected chi connectivity index (χ0v) is 27.2. The summed E-state index contributed by atoms with van der Waals surface area (Å²) >= 11 is 3.70. The van der Waals surface area contributed by atoms with Gasteiger partial charge in [0.25, 0.3) is 0 Å². The van der Waals surface area contributed by atoms with Crippen molar-refractivity contribution in [3.05, 3.63) is 53.0 Å². The lowest BCUT2D eigenvalue weighted by Gasteiger charge is -2.75. The van der Waals surface area contributed by atoms with Crippen LogP contribution in [-0.2, 0) is 0 Å². The predicted octanol–water partition coefficient (Wildman–Crippen LogP) is 6.63. The Hall–Kier alpha value is 0.481. The Morgan fingerprint density at radius 3 is 1.39 bits per heavy atom. The number of allylic oxidation sites excluding steroid dienone is 4. The molecule has 154 valence electrons. The zero-order valence-electron chi connectivity index (χ0n) is 19.6. The van der Waals surface area contributed by atoms with E-state index in [4.69, 9.17) is 0 Å². The lowest BCUT2D eigenvalue weighted by molar-refractivity contribution is 1.35. The number of hydrogen-bond acceptors (Lipinski definition) is 0. The Balaban J connectivity index is 2.37. The van der Waals surface area contributed by atoms with Crippen LogP contribution in [0.2, 0.25) is 71.0 Å². The third-order valence-electron chi connectivity index (χ3n) is 11.1. The highest BCUT2D eigenvalue weighted by molar-refractivity contribution is 9.10. The van der Waals surface area contributed by atoms with Gasteiger partial charge < -0.3 is 0 Å². The van der Waals surface area contributed by atoms with Crippen molar-refractivity contribution in [1.29, 1.82) is 0 Å². The van der Waals surface area contributed by atoms with E-state index in [0.717, 1.165) is 5.54 Å². The summed E-state index contributed by atoms with van der Waals surface area (Å²) in [5.74, 6) is 0. The number of benzene rings is 1. The van der Waals surface area contributed by atoms with E-state index in [1.807, 2.05) is 0 Å². The van der Waals surface area contributed by atoms with E-state index < -0.39 is 42.7 Å². The minimum atomic E-state index is -1.53. The first kappa shape index (κ1) is 23.2. The molecule has 1 heterocycles. The van der Waals surface area contributed by atoms with Gasteiger partial charge in [-0.1, -0.05) is 123 Å². The van der Waals surface area contributed by atoms with E-state index in [-0.39, 0.29) is 0 Å². The molecule has 28 heavy (non-hydrogen) atoms. The zero-order chi connectivity index (χ0) is 21.4. The fourth-order valence-corrected chi connectivity index (χ4v) is 252. The van der Waals surface area contributed by atoms with Crippen LogP contribution in [0.5, 0.6) is 0 Å². The Morgan fingerprint density at radius 2 is 1.00 bits per heavy atom. The molecule has 0 radical (unpaired) electrons. The summed E-state index contributed by atoms with van der Waals surface area (Å²) in [6, 6.07) is 9.74. The summed E-state index contributed by atoms with van der Waals surface area (Å²) in [5.41, 5.74) is 0.817. The van der Waals surface area contributed by atoms with Gasteiger partial charge in [-0.05, 0) is 17.7 Å². The van der Waals surface area contributed by atoms with Crippen molar-refractivity contribution >= 4 is 63.8 Å². The van der Waals surface area contributed by atoms with E-state index >= 15 is 0 Å². The van der Waals surface area contributed by atoms with E-state index in [1.165, 1.54) is 4.47 Å². The molecular weight excluding hydrogens is 501 g/mol. The third-order valence-corrected chi connectivity index (χ3v) is 161. The van der Waals surface area contributed by atoms with Crippen molar-refractivity contribution in [1.82, 2.24) is 0 Å². The van der Waals surface area contributed by atoms with Crippen LogP contribution in [0.15, 0.2) is 53.0 Å². The maximum absolute atomic E-state index is 3.70. The average Bonchev–Trinajstić information content (AvgIpc) is 3.14. The van der Waals surface area contributed by atoms with Gasteiger partial charge in [0, 0.05) is 40.0 Å².